The zero-order valence-corrected chi connectivity index (χ0v) is 18.9. The fourth-order valence-electron chi connectivity index (χ4n) is 3.93. The maximum Gasteiger partial charge on any atom is 0.251 e. The molecule has 33 heavy (non-hydrogen) atoms. The standard InChI is InChI=1S/C24H25N5O3S/c25-23-22(18-7-10-20-17(12-18)2-1-11-26-24(20)30)29-21(14-27-23)16-5-8-19(9-6-16)33(31,32)28-13-15-3-4-15/h5-10,12,14-15,28H,1-4,11,13H2,(H2,25,27)(H,26,30). The van der Waals surface area contributed by atoms with Crippen molar-refractivity contribution in [2.75, 3.05) is 18.8 Å². The Hall–Kier alpha value is -3.30. The second kappa shape index (κ2) is 8.57. The van der Waals surface area contributed by atoms with Crippen LogP contribution in [-0.4, -0.2) is 37.4 Å². The van der Waals surface area contributed by atoms with Gasteiger partial charge in [-0.05, 0) is 61.4 Å². The van der Waals surface area contributed by atoms with Gasteiger partial charge in [-0.2, -0.15) is 0 Å². The minimum Gasteiger partial charge on any atom is -0.382 e. The number of hydrogen-bond acceptors (Lipinski definition) is 6. The molecule has 2 aliphatic rings. The van der Waals surface area contributed by atoms with Crippen molar-refractivity contribution in [1.82, 2.24) is 20.0 Å². The van der Waals surface area contributed by atoms with Gasteiger partial charge in [0, 0.05) is 29.8 Å². The van der Waals surface area contributed by atoms with E-state index in [0.717, 1.165) is 42.4 Å². The molecule has 0 atom stereocenters. The number of sulfonamides is 1. The Labute approximate surface area is 192 Å². The average Bonchev–Trinajstić information content (AvgIpc) is 3.66. The van der Waals surface area contributed by atoms with E-state index in [-0.39, 0.29) is 10.8 Å². The number of benzene rings is 2. The van der Waals surface area contributed by atoms with Crippen LogP contribution in [-0.2, 0) is 16.4 Å². The number of rotatable bonds is 6. The summed E-state index contributed by atoms with van der Waals surface area (Å²) in [7, 11) is -3.53. The third-order valence-electron chi connectivity index (χ3n) is 6.05. The number of amides is 1. The van der Waals surface area contributed by atoms with Crippen LogP contribution in [0.25, 0.3) is 22.5 Å². The van der Waals surface area contributed by atoms with Gasteiger partial charge in [0.05, 0.1) is 16.8 Å². The molecule has 2 aromatic carbocycles. The molecule has 0 unspecified atom stereocenters. The minimum atomic E-state index is -3.53. The summed E-state index contributed by atoms with van der Waals surface area (Å²) in [4.78, 5) is 21.5. The van der Waals surface area contributed by atoms with Crippen LogP contribution in [0.5, 0.6) is 0 Å². The SMILES string of the molecule is Nc1ncc(-c2ccc(S(=O)(=O)NCC3CC3)cc2)nc1-c1ccc2c(c1)CCCNC2=O. The smallest absolute Gasteiger partial charge is 0.251 e. The molecule has 5 rings (SSSR count). The van der Waals surface area contributed by atoms with Crippen molar-refractivity contribution in [2.24, 2.45) is 5.92 Å². The molecule has 1 amide bonds. The highest BCUT2D eigenvalue weighted by Crippen LogP contribution is 2.30. The van der Waals surface area contributed by atoms with Crippen LogP contribution in [0.2, 0.25) is 0 Å². The Balaban J connectivity index is 1.43. The highest BCUT2D eigenvalue weighted by Gasteiger charge is 2.24. The Morgan fingerprint density at radius 1 is 1.09 bits per heavy atom. The van der Waals surface area contributed by atoms with Crippen LogP contribution in [0.15, 0.2) is 53.6 Å². The molecule has 1 saturated carbocycles. The van der Waals surface area contributed by atoms with E-state index >= 15 is 0 Å². The predicted molar refractivity (Wildman–Crippen MR) is 126 cm³/mol. The lowest BCUT2D eigenvalue weighted by Gasteiger charge is -2.11. The van der Waals surface area contributed by atoms with Crippen molar-refractivity contribution in [2.45, 2.75) is 30.6 Å². The first kappa shape index (κ1) is 21.5. The van der Waals surface area contributed by atoms with Gasteiger partial charge >= 0.3 is 0 Å². The van der Waals surface area contributed by atoms with Crippen molar-refractivity contribution >= 4 is 21.7 Å². The quantitative estimate of drug-likeness (QED) is 0.516. The number of carbonyl (C=O) groups excluding carboxylic acids is 1. The van der Waals surface area contributed by atoms with Gasteiger partial charge in [0.25, 0.3) is 5.91 Å². The normalized spacial score (nSPS) is 16.1. The molecule has 8 nitrogen and oxygen atoms in total. The summed E-state index contributed by atoms with van der Waals surface area (Å²) in [6.07, 6.45) is 5.40. The zero-order valence-electron chi connectivity index (χ0n) is 18.0. The first-order chi connectivity index (χ1) is 15.9. The molecule has 2 heterocycles. The zero-order chi connectivity index (χ0) is 23.0. The average molecular weight is 464 g/mol. The van der Waals surface area contributed by atoms with Gasteiger partial charge in [0.2, 0.25) is 10.0 Å². The van der Waals surface area contributed by atoms with E-state index in [4.69, 9.17) is 10.7 Å². The summed E-state index contributed by atoms with van der Waals surface area (Å²) >= 11 is 0. The third kappa shape index (κ3) is 4.60. The van der Waals surface area contributed by atoms with Gasteiger partial charge in [-0.25, -0.2) is 23.1 Å². The maximum atomic E-state index is 12.5. The fourth-order valence-corrected chi connectivity index (χ4v) is 5.05. The second-order valence-electron chi connectivity index (χ2n) is 8.54. The summed E-state index contributed by atoms with van der Waals surface area (Å²) in [6.45, 7) is 1.14. The van der Waals surface area contributed by atoms with Crippen molar-refractivity contribution in [3.05, 3.63) is 59.8 Å². The van der Waals surface area contributed by atoms with Crippen LogP contribution >= 0.6 is 0 Å². The molecular formula is C24H25N5O3S. The molecular weight excluding hydrogens is 438 g/mol. The number of anilines is 1. The number of fused-ring (bicyclic) bond motifs is 1. The van der Waals surface area contributed by atoms with Crippen molar-refractivity contribution in [3.8, 4) is 22.5 Å². The maximum absolute atomic E-state index is 12.5. The summed E-state index contributed by atoms with van der Waals surface area (Å²) in [5, 5.41) is 2.89. The van der Waals surface area contributed by atoms with Gasteiger partial charge in [0.1, 0.15) is 11.5 Å². The highest BCUT2D eigenvalue weighted by atomic mass is 32.2. The molecule has 1 aliphatic carbocycles. The van der Waals surface area contributed by atoms with Crippen LogP contribution < -0.4 is 15.8 Å². The molecule has 4 N–H and O–H groups in total. The van der Waals surface area contributed by atoms with Crippen molar-refractivity contribution in [1.29, 1.82) is 0 Å². The molecule has 3 aromatic rings. The Bertz CT molecular complexity index is 1320. The Kier molecular flexibility index (Phi) is 5.59. The first-order valence-corrected chi connectivity index (χ1v) is 12.5. The van der Waals surface area contributed by atoms with Gasteiger partial charge < -0.3 is 11.1 Å². The lowest BCUT2D eigenvalue weighted by molar-refractivity contribution is 0.0956. The number of nitrogens with two attached hydrogens (primary N) is 1. The predicted octanol–water partition coefficient (Wildman–Crippen LogP) is 2.76. The summed E-state index contributed by atoms with van der Waals surface area (Å²) in [5.74, 6) is 0.689. The minimum absolute atomic E-state index is 0.0662. The lowest BCUT2D eigenvalue weighted by atomic mass is 9.99. The third-order valence-corrected chi connectivity index (χ3v) is 7.49. The van der Waals surface area contributed by atoms with Gasteiger partial charge in [-0.15, -0.1) is 0 Å². The van der Waals surface area contributed by atoms with Gasteiger partial charge in [-0.3, -0.25) is 4.79 Å². The van der Waals surface area contributed by atoms with E-state index in [1.807, 2.05) is 12.1 Å². The molecule has 1 aliphatic heterocycles. The van der Waals surface area contributed by atoms with Gasteiger partial charge in [0.15, 0.2) is 0 Å². The monoisotopic (exact) mass is 463 g/mol. The molecule has 1 aromatic heterocycles. The molecule has 0 spiro atoms. The number of nitrogens with zero attached hydrogens (tertiary/aromatic N) is 2. The molecule has 9 heteroatoms. The molecule has 0 saturated heterocycles. The summed E-state index contributed by atoms with van der Waals surface area (Å²) in [6, 6.07) is 12.2. The van der Waals surface area contributed by atoms with Crippen LogP contribution in [0.3, 0.4) is 0 Å². The van der Waals surface area contributed by atoms with Crippen LogP contribution in [0.1, 0.15) is 35.2 Å². The highest BCUT2D eigenvalue weighted by molar-refractivity contribution is 7.89. The molecule has 1 fully saturated rings. The van der Waals surface area contributed by atoms with E-state index in [1.165, 1.54) is 0 Å². The van der Waals surface area contributed by atoms with E-state index in [2.05, 4.69) is 15.0 Å². The first-order valence-electron chi connectivity index (χ1n) is 11.0. The van der Waals surface area contributed by atoms with Crippen LogP contribution in [0, 0.1) is 5.92 Å². The number of aromatic nitrogens is 2. The Morgan fingerprint density at radius 3 is 2.61 bits per heavy atom. The lowest BCUT2D eigenvalue weighted by Crippen LogP contribution is -2.25. The number of carbonyl (C=O) groups is 1. The van der Waals surface area contributed by atoms with E-state index in [9.17, 15) is 13.2 Å². The van der Waals surface area contributed by atoms with Crippen molar-refractivity contribution < 1.29 is 13.2 Å². The Morgan fingerprint density at radius 2 is 1.85 bits per heavy atom. The topological polar surface area (TPSA) is 127 Å². The molecule has 0 bridgehead atoms. The largest absolute Gasteiger partial charge is 0.382 e. The van der Waals surface area contributed by atoms with Crippen molar-refractivity contribution in [3.63, 3.8) is 0 Å². The fraction of sp³-hybridized carbons (Fsp3) is 0.292. The van der Waals surface area contributed by atoms with Crippen LogP contribution in [0.4, 0.5) is 5.82 Å². The van der Waals surface area contributed by atoms with E-state index < -0.39 is 10.0 Å². The number of nitrogens with one attached hydrogen (secondary N) is 2. The number of nitrogen functional groups attached to an aromatic ring is 1. The molecule has 0 radical (unpaired) electrons. The van der Waals surface area contributed by atoms with E-state index in [1.54, 1.807) is 36.5 Å². The summed E-state index contributed by atoms with van der Waals surface area (Å²) in [5.41, 5.74) is 10.4. The number of aryl methyl sites for hydroxylation is 1. The number of hydrogen-bond donors (Lipinski definition) is 3. The van der Waals surface area contributed by atoms with Gasteiger partial charge in [-0.1, -0.05) is 18.2 Å². The second-order valence-corrected chi connectivity index (χ2v) is 10.3. The van der Waals surface area contributed by atoms with E-state index in [0.29, 0.717) is 41.8 Å². The summed E-state index contributed by atoms with van der Waals surface area (Å²) < 4.78 is 27.6. The molecule has 170 valence electrons.